The average molecular weight is 463 g/mol. The fraction of sp³-hybridized carbons (Fsp3) is 0.370. The molecule has 3 fully saturated rings. The van der Waals surface area contributed by atoms with Crippen LogP contribution in [0, 0.1) is 5.92 Å². The van der Waals surface area contributed by atoms with E-state index in [-0.39, 0.29) is 6.10 Å². The molecule has 33 heavy (non-hydrogen) atoms. The molecule has 3 saturated heterocycles. The third-order valence-electron chi connectivity index (χ3n) is 7.78. The third kappa shape index (κ3) is 3.48. The van der Waals surface area contributed by atoms with Gasteiger partial charge in [0.2, 0.25) is 5.60 Å². The lowest BCUT2D eigenvalue weighted by Crippen LogP contribution is -2.65. The number of hydrogen-bond donors (Lipinski definition) is 1. The first kappa shape index (κ1) is 20.9. The number of esters is 1. The summed E-state index contributed by atoms with van der Waals surface area (Å²) in [5, 5.41) is 14.0. The van der Waals surface area contributed by atoms with E-state index in [0.717, 1.165) is 49.9 Å². The van der Waals surface area contributed by atoms with E-state index in [1.807, 2.05) is 35.6 Å². The zero-order chi connectivity index (χ0) is 22.5. The van der Waals surface area contributed by atoms with E-state index in [2.05, 4.69) is 17.5 Å². The van der Waals surface area contributed by atoms with Crippen molar-refractivity contribution >= 4 is 17.3 Å². The molecule has 4 aliphatic heterocycles. The van der Waals surface area contributed by atoms with Gasteiger partial charge in [-0.25, -0.2) is 4.79 Å². The Balaban J connectivity index is 1.27. The number of quaternary nitrogens is 1. The van der Waals surface area contributed by atoms with Crippen molar-refractivity contribution in [1.82, 2.24) is 0 Å². The van der Waals surface area contributed by atoms with Crippen LogP contribution in [-0.4, -0.2) is 47.8 Å². The van der Waals surface area contributed by atoms with Crippen LogP contribution >= 0.6 is 11.3 Å². The predicted octanol–water partition coefficient (Wildman–Crippen LogP) is 4.48. The Kier molecular flexibility index (Phi) is 5.05. The molecule has 4 aliphatic rings. The number of benzene rings is 2. The Morgan fingerprint density at radius 1 is 1.03 bits per heavy atom. The lowest BCUT2D eigenvalue weighted by molar-refractivity contribution is -0.946. The number of nitrogens with zero attached hydrogens (tertiary/aromatic N) is 1. The van der Waals surface area contributed by atoms with E-state index < -0.39 is 11.6 Å². The second-order valence-electron chi connectivity index (χ2n) is 9.61. The summed E-state index contributed by atoms with van der Waals surface area (Å²) < 4.78 is 13.2. The van der Waals surface area contributed by atoms with Crippen LogP contribution < -0.4 is 4.74 Å². The van der Waals surface area contributed by atoms with E-state index in [0.29, 0.717) is 28.5 Å². The van der Waals surface area contributed by atoms with Gasteiger partial charge in [0.1, 0.15) is 18.0 Å². The molecule has 0 amide bonds. The Bertz CT molecular complexity index is 1120. The summed E-state index contributed by atoms with van der Waals surface area (Å²) >= 11 is 1.81. The van der Waals surface area contributed by atoms with E-state index in [4.69, 9.17) is 9.47 Å². The Morgan fingerprint density at radius 3 is 2.33 bits per heavy atom. The van der Waals surface area contributed by atoms with Gasteiger partial charge in [-0.05, 0) is 23.6 Å². The van der Waals surface area contributed by atoms with Crippen LogP contribution in [0.2, 0.25) is 0 Å². The van der Waals surface area contributed by atoms with Crippen LogP contribution in [0.3, 0.4) is 0 Å². The van der Waals surface area contributed by atoms with Gasteiger partial charge in [0.05, 0.1) is 19.6 Å². The molecule has 5 heterocycles. The quantitative estimate of drug-likeness (QED) is 0.449. The molecule has 0 radical (unpaired) electrons. The number of carbonyl (C=O) groups is 1. The van der Waals surface area contributed by atoms with E-state index in [1.165, 1.54) is 4.88 Å². The molecule has 2 bridgehead atoms. The first-order chi connectivity index (χ1) is 16.1. The van der Waals surface area contributed by atoms with Gasteiger partial charge >= 0.3 is 5.97 Å². The van der Waals surface area contributed by atoms with Crippen molar-refractivity contribution in [2.75, 3.05) is 26.2 Å². The van der Waals surface area contributed by atoms with Crippen molar-refractivity contribution < 1.29 is 23.9 Å². The summed E-state index contributed by atoms with van der Waals surface area (Å²) in [5.41, 5.74) is -0.993. The highest BCUT2D eigenvalue weighted by Gasteiger charge is 2.52. The van der Waals surface area contributed by atoms with Gasteiger partial charge in [-0.2, -0.15) is 0 Å². The highest BCUT2D eigenvalue weighted by molar-refractivity contribution is 7.09. The van der Waals surface area contributed by atoms with Gasteiger partial charge in [0.25, 0.3) is 0 Å². The van der Waals surface area contributed by atoms with Crippen molar-refractivity contribution in [1.29, 1.82) is 0 Å². The molecule has 0 aliphatic carbocycles. The molecule has 0 spiro atoms. The Morgan fingerprint density at radius 2 is 1.70 bits per heavy atom. The summed E-state index contributed by atoms with van der Waals surface area (Å²) in [6.45, 7) is 4.20. The zero-order valence-corrected chi connectivity index (χ0v) is 19.3. The first-order valence-corrected chi connectivity index (χ1v) is 12.6. The Hall–Kier alpha value is -2.67. The lowest BCUT2D eigenvalue weighted by Gasteiger charge is -2.52. The standard InChI is InChI=1S/C27H28NO4S/c29-26(27(30)21-7-1-3-9-23(21)31-24-10-4-2-8-22(24)27)32-25-18-28(14-11-19(25)12-15-28)16-13-20-6-5-17-33-20/h1-10,17,19,25,30H,11-16,18H2/q+1/t19?,25-,28?/m0/s1. The van der Waals surface area contributed by atoms with Gasteiger partial charge in [0.15, 0.2) is 6.10 Å². The average Bonchev–Trinajstić information content (AvgIpc) is 3.38. The maximum Gasteiger partial charge on any atom is 0.348 e. The maximum absolute atomic E-state index is 13.7. The second kappa shape index (κ2) is 7.97. The maximum atomic E-state index is 13.7. The summed E-state index contributed by atoms with van der Waals surface area (Å²) in [6, 6.07) is 18.7. The van der Waals surface area contributed by atoms with Crippen LogP contribution in [-0.2, 0) is 21.6 Å². The minimum Gasteiger partial charge on any atom is -0.457 e. The first-order valence-electron chi connectivity index (χ1n) is 11.8. The van der Waals surface area contributed by atoms with Gasteiger partial charge in [0, 0.05) is 41.2 Å². The molecule has 0 unspecified atom stereocenters. The monoisotopic (exact) mass is 462 g/mol. The van der Waals surface area contributed by atoms with Gasteiger partial charge in [-0.15, -0.1) is 11.3 Å². The van der Waals surface area contributed by atoms with Crippen LogP contribution in [0.25, 0.3) is 0 Å². The zero-order valence-electron chi connectivity index (χ0n) is 18.5. The van der Waals surface area contributed by atoms with Crippen LogP contribution in [0.5, 0.6) is 11.5 Å². The van der Waals surface area contributed by atoms with E-state index >= 15 is 0 Å². The third-order valence-corrected chi connectivity index (χ3v) is 8.72. The largest absolute Gasteiger partial charge is 0.457 e. The van der Waals surface area contributed by atoms with Crippen molar-refractivity contribution in [3.8, 4) is 11.5 Å². The molecule has 5 nitrogen and oxygen atoms in total. The van der Waals surface area contributed by atoms with Crippen molar-refractivity contribution in [2.45, 2.75) is 31.0 Å². The van der Waals surface area contributed by atoms with Crippen LogP contribution in [0.15, 0.2) is 66.0 Å². The number of fused-ring (bicyclic) bond motifs is 5. The van der Waals surface area contributed by atoms with Gasteiger partial charge < -0.3 is 19.1 Å². The number of hydrogen-bond acceptors (Lipinski definition) is 5. The summed E-state index contributed by atoms with van der Waals surface area (Å²) in [5.74, 6) is 0.749. The predicted molar refractivity (Wildman–Crippen MR) is 126 cm³/mol. The smallest absolute Gasteiger partial charge is 0.348 e. The number of aliphatic hydroxyl groups is 1. The minimum atomic E-state index is -1.88. The molecular formula is C27H28NO4S+. The lowest BCUT2D eigenvalue weighted by atomic mass is 9.81. The molecule has 1 atom stereocenters. The molecular weight excluding hydrogens is 434 g/mol. The molecule has 1 N–H and O–H groups in total. The SMILES string of the molecule is O=C(O[C@H]1C[N+]2(CCc3cccs3)CCC1CC2)C1(O)c2ccccc2Oc2ccccc21. The number of thiophene rings is 1. The van der Waals surface area contributed by atoms with Crippen LogP contribution in [0.4, 0.5) is 0 Å². The van der Waals surface area contributed by atoms with Crippen molar-refractivity contribution in [3.63, 3.8) is 0 Å². The highest BCUT2D eigenvalue weighted by atomic mass is 32.1. The van der Waals surface area contributed by atoms with Crippen molar-refractivity contribution in [2.24, 2.45) is 5.92 Å². The molecule has 6 heteroatoms. The number of para-hydroxylation sites is 2. The minimum absolute atomic E-state index is 0.172. The Labute approximate surface area is 197 Å². The number of piperidine rings is 3. The number of rotatable bonds is 5. The number of carbonyl (C=O) groups excluding carboxylic acids is 1. The molecule has 170 valence electrons. The fourth-order valence-corrected chi connectivity index (χ4v) is 6.58. The summed E-state index contributed by atoms with van der Waals surface area (Å²) in [6.07, 6.45) is 3.02. The highest BCUT2D eigenvalue weighted by Crippen LogP contribution is 2.48. The number of ether oxygens (including phenoxy) is 2. The molecule has 7 rings (SSSR count). The molecule has 3 aromatic rings. The van der Waals surface area contributed by atoms with Gasteiger partial charge in [-0.1, -0.05) is 42.5 Å². The normalized spacial score (nSPS) is 26.7. The topological polar surface area (TPSA) is 55.8 Å². The molecule has 1 aromatic heterocycles. The second-order valence-corrected chi connectivity index (χ2v) is 10.6. The van der Waals surface area contributed by atoms with E-state index in [9.17, 15) is 9.90 Å². The summed E-state index contributed by atoms with van der Waals surface area (Å²) in [7, 11) is 0. The van der Waals surface area contributed by atoms with E-state index in [1.54, 1.807) is 24.3 Å². The molecule has 2 aromatic carbocycles. The van der Waals surface area contributed by atoms with Crippen LogP contribution in [0.1, 0.15) is 28.8 Å². The summed E-state index contributed by atoms with van der Waals surface area (Å²) in [4.78, 5) is 15.1. The van der Waals surface area contributed by atoms with Gasteiger partial charge in [-0.3, -0.25) is 0 Å². The van der Waals surface area contributed by atoms with Crippen molar-refractivity contribution in [3.05, 3.63) is 82.0 Å². The fourth-order valence-electron chi connectivity index (χ4n) is 5.89. The molecule has 0 saturated carbocycles.